The molecule has 0 saturated carbocycles. The molecule has 17 heavy (non-hydrogen) atoms. The highest BCUT2D eigenvalue weighted by Crippen LogP contribution is 2.17. The Hall–Kier alpha value is -0.920. The summed E-state index contributed by atoms with van der Waals surface area (Å²) >= 11 is 0. The lowest BCUT2D eigenvalue weighted by Crippen LogP contribution is -2.39. The molecule has 7 heteroatoms. The number of sulfonamides is 1. The second kappa shape index (κ2) is 5.16. The standard InChI is InChI=1S/C10H20N4O2S/c1-6(5-11)7(2)14-17(15,16)10-8(3)12-13-9(10)4/h6-7,14H,5,11H2,1-4H3,(H,12,13). The monoisotopic (exact) mass is 260 g/mol. The van der Waals surface area contributed by atoms with Gasteiger partial charge in [-0.3, -0.25) is 5.10 Å². The fourth-order valence-corrected chi connectivity index (χ4v) is 3.28. The first-order valence-electron chi connectivity index (χ1n) is 5.53. The van der Waals surface area contributed by atoms with E-state index in [1.54, 1.807) is 20.8 Å². The molecule has 4 N–H and O–H groups in total. The minimum absolute atomic E-state index is 0.0808. The molecular formula is C10H20N4O2S. The molecule has 0 radical (unpaired) electrons. The lowest BCUT2D eigenvalue weighted by atomic mass is 10.1. The number of nitrogens with one attached hydrogen (secondary N) is 2. The third-order valence-corrected chi connectivity index (χ3v) is 4.72. The predicted octanol–water partition coefficient (Wildman–Crippen LogP) is 0.288. The molecule has 1 rings (SSSR count). The van der Waals surface area contributed by atoms with E-state index in [0.29, 0.717) is 17.9 Å². The van der Waals surface area contributed by atoms with Crippen molar-refractivity contribution < 1.29 is 8.42 Å². The Balaban J connectivity index is 2.98. The lowest BCUT2D eigenvalue weighted by molar-refractivity contribution is 0.453. The quantitative estimate of drug-likeness (QED) is 0.708. The van der Waals surface area contributed by atoms with Gasteiger partial charge in [-0.15, -0.1) is 0 Å². The highest BCUT2D eigenvalue weighted by atomic mass is 32.2. The van der Waals surface area contributed by atoms with E-state index in [9.17, 15) is 8.42 Å². The van der Waals surface area contributed by atoms with E-state index < -0.39 is 10.0 Å². The summed E-state index contributed by atoms with van der Waals surface area (Å²) in [6.07, 6.45) is 0. The van der Waals surface area contributed by atoms with Gasteiger partial charge in [0.25, 0.3) is 0 Å². The second-order valence-electron chi connectivity index (χ2n) is 4.39. The first kappa shape index (κ1) is 14.1. The number of hydrogen-bond donors (Lipinski definition) is 3. The highest BCUT2D eigenvalue weighted by molar-refractivity contribution is 7.89. The molecule has 0 aliphatic rings. The number of hydrogen-bond acceptors (Lipinski definition) is 4. The zero-order valence-electron chi connectivity index (χ0n) is 10.6. The number of nitrogens with two attached hydrogens (primary N) is 1. The molecule has 0 aromatic carbocycles. The van der Waals surface area contributed by atoms with Gasteiger partial charge in [-0.05, 0) is 33.2 Å². The minimum Gasteiger partial charge on any atom is -0.330 e. The van der Waals surface area contributed by atoms with E-state index in [4.69, 9.17) is 5.73 Å². The zero-order chi connectivity index (χ0) is 13.2. The van der Waals surface area contributed by atoms with Gasteiger partial charge in [-0.1, -0.05) is 6.92 Å². The van der Waals surface area contributed by atoms with Gasteiger partial charge >= 0.3 is 0 Å². The molecule has 0 aliphatic heterocycles. The fraction of sp³-hybridized carbons (Fsp3) is 0.700. The number of rotatable bonds is 5. The van der Waals surface area contributed by atoms with Crippen LogP contribution in [0.25, 0.3) is 0 Å². The molecule has 1 aromatic rings. The maximum absolute atomic E-state index is 12.2. The van der Waals surface area contributed by atoms with Crippen molar-refractivity contribution in [2.45, 2.75) is 38.6 Å². The largest absolute Gasteiger partial charge is 0.330 e. The molecular weight excluding hydrogens is 240 g/mol. The van der Waals surface area contributed by atoms with Crippen molar-refractivity contribution >= 4 is 10.0 Å². The fourth-order valence-electron chi connectivity index (χ4n) is 1.56. The van der Waals surface area contributed by atoms with Crippen molar-refractivity contribution in [2.75, 3.05) is 6.54 Å². The highest BCUT2D eigenvalue weighted by Gasteiger charge is 2.25. The molecule has 2 unspecified atom stereocenters. The van der Waals surface area contributed by atoms with Gasteiger partial charge in [0.05, 0.1) is 11.4 Å². The Morgan fingerprint density at radius 3 is 2.41 bits per heavy atom. The molecule has 0 amide bonds. The van der Waals surface area contributed by atoms with Gasteiger partial charge in [0.2, 0.25) is 10.0 Å². The van der Waals surface area contributed by atoms with Gasteiger partial charge in [-0.2, -0.15) is 5.10 Å². The maximum Gasteiger partial charge on any atom is 0.244 e. The van der Waals surface area contributed by atoms with Crippen LogP contribution >= 0.6 is 0 Å². The van der Waals surface area contributed by atoms with E-state index >= 15 is 0 Å². The number of aromatic nitrogens is 2. The third-order valence-electron chi connectivity index (χ3n) is 2.90. The zero-order valence-corrected chi connectivity index (χ0v) is 11.4. The van der Waals surface area contributed by atoms with Crippen LogP contribution in [0.2, 0.25) is 0 Å². The molecule has 6 nitrogen and oxygen atoms in total. The number of nitrogens with zero attached hydrogens (tertiary/aromatic N) is 1. The topological polar surface area (TPSA) is 101 Å². The summed E-state index contributed by atoms with van der Waals surface area (Å²) in [5.74, 6) is 0.0808. The molecule has 0 saturated heterocycles. The first-order chi connectivity index (χ1) is 7.79. The average Bonchev–Trinajstić information content (AvgIpc) is 2.57. The lowest BCUT2D eigenvalue weighted by Gasteiger charge is -2.19. The molecule has 0 bridgehead atoms. The van der Waals surface area contributed by atoms with Crippen molar-refractivity contribution in [1.82, 2.24) is 14.9 Å². The van der Waals surface area contributed by atoms with E-state index in [1.165, 1.54) is 0 Å². The van der Waals surface area contributed by atoms with Crippen molar-refractivity contribution in [3.63, 3.8) is 0 Å². The van der Waals surface area contributed by atoms with Gasteiger partial charge in [0.1, 0.15) is 4.90 Å². The molecule has 0 fully saturated rings. The molecule has 1 aromatic heterocycles. The number of aryl methyl sites for hydroxylation is 2. The predicted molar refractivity (Wildman–Crippen MR) is 66.1 cm³/mol. The van der Waals surface area contributed by atoms with Gasteiger partial charge < -0.3 is 5.73 Å². The first-order valence-corrected chi connectivity index (χ1v) is 7.02. The molecule has 1 heterocycles. The summed E-state index contributed by atoms with van der Waals surface area (Å²) in [4.78, 5) is 0.230. The Labute approximate surface area is 102 Å². The minimum atomic E-state index is -3.53. The van der Waals surface area contributed by atoms with Crippen LogP contribution < -0.4 is 10.5 Å². The van der Waals surface area contributed by atoms with E-state index in [1.807, 2.05) is 6.92 Å². The normalized spacial score (nSPS) is 15.8. The van der Waals surface area contributed by atoms with Gasteiger partial charge in [0, 0.05) is 6.04 Å². The Morgan fingerprint density at radius 2 is 2.00 bits per heavy atom. The number of H-pyrrole nitrogens is 1. The molecule has 98 valence electrons. The molecule has 2 atom stereocenters. The molecule has 0 spiro atoms. The maximum atomic E-state index is 12.2. The smallest absolute Gasteiger partial charge is 0.244 e. The summed E-state index contributed by atoms with van der Waals surface area (Å²) in [7, 11) is -3.53. The van der Waals surface area contributed by atoms with Gasteiger partial charge in [0.15, 0.2) is 0 Å². The van der Waals surface area contributed by atoms with Crippen molar-refractivity contribution in [3.05, 3.63) is 11.4 Å². The van der Waals surface area contributed by atoms with Crippen molar-refractivity contribution in [1.29, 1.82) is 0 Å². The summed E-state index contributed by atoms with van der Waals surface area (Å²) in [6, 6.07) is -0.210. The summed E-state index contributed by atoms with van der Waals surface area (Å²) < 4.78 is 26.9. The Bertz CT molecular complexity index is 461. The molecule has 0 aliphatic carbocycles. The van der Waals surface area contributed by atoms with Crippen LogP contribution in [-0.4, -0.2) is 31.2 Å². The summed E-state index contributed by atoms with van der Waals surface area (Å²) in [5.41, 5.74) is 6.54. The van der Waals surface area contributed by atoms with Crippen LogP contribution in [-0.2, 0) is 10.0 Å². The van der Waals surface area contributed by atoms with Crippen molar-refractivity contribution in [2.24, 2.45) is 11.7 Å². The van der Waals surface area contributed by atoms with Crippen LogP contribution in [0.5, 0.6) is 0 Å². The van der Waals surface area contributed by atoms with Crippen molar-refractivity contribution in [3.8, 4) is 0 Å². The van der Waals surface area contributed by atoms with Gasteiger partial charge in [-0.25, -0.2) is 13.1 Å². The summed E-state index contributed by atoms with van der Waals surface area (Å²) in [6.45, 7) is 7.50. The number of aromatic amines is 1. The Kier molecular flexibility index (Phi) is 4.29. The third kappa shape index (κ3) is 3.05. The van der Waals surface area contributed by atoms with Crippen LogP contribution in [0, 0.1) is 19.8 Å². The van der Waals surface area contributed by atoms with E-state index in [-0.39, 0.29) is 16.9 Å². The van der Waals surface area contributed by atoms with E-state index in [2.05, 4.69) is 14.9 Å². The Morgan fingerprint density at radius 1 is 1.41 bits per heavy atom. The van der Waals surface area contributed by atoms with E-state index in [0.717, 1.165) is 0 Å². The second-order valence-corrected chi connectivity index (χ2v) is 6.04. The van der Waals surface area contributed by atoms with Crippen LogP contribution in [0.15, 0.2) is 4.90 Å². The SMILES string of the molecule is Cc1n[nH]c(C)c1S(=O)(=O)NC(C)C(C)CN. The summed E-state index contributed by atoms with van der Waals surface area (Å²) in [5, 5.41) is 6.55. The average molecular weight is 260 g/mol. The van der Waals surface area contributed by atoms with Crippen LogP contribution in [0.1, 0.15) is 25.2 Å². The van der Waals surface area contributed by atoms with Crippen LogP contribution in [0.3, 0.4) is 0 Å². The van der Waals surface area contributed by atoms with Crippen LogP contribution in [0.4, 0.5) is 0 Å².